The van der Waals surface area contributed by atoms with E-state index < -0.39 is 5.97 Å². The summed E-state index contributed by atoms with van der Waals surface area (Å²) in [4.78, 5) is 26.0. The Balaban J connectivity index is 1.74. The van der Waals surface area contributed by atoms with E-state index in [4.69, 9.17) is 9.47 Å². The average molecular weight is 402 g/mol. The molecule has 0 radical (unpaired) electrons. The summed E-state index contributed by atoms with van der Waals surface area (Å²) in [5.74, 6) is 0.0185. The molecule has 0 spiro atoms. The van der Waals surface area contributed by atoms with Crippen LogP contribution in [0.4, 0.5) is 5.00 Å². The highest BCUT2D eigenvalue weighted by atomic mass is 32.1. The first-order valence-corrected chi connectivity index (χ1v) is 10.4. The lowest BCUT2D eigenvalue weighted by Crippen LogP contribution is -2.22. The molecule has 6 heteroatoms. The van der Waals surface area contributed by atoms with Crippen molar-refractivity contribution in [1.29, 1.82) is 0 Å². The number of ether oxygens (including phenoxy) is 2. The fraction of sp³-hybridized carbons (Fsp3) is 0.455. The van der Waals surface area contributed by atoms with Gasteiger partial charge in [-0.2, -0.15) is 0 Å². The first kappa shape index (κ1) is 20.4. The Kier molecular flexibility index (Phi) is 6.08. The van der Waals surface area contributed by atoms with Crippen LogP contribution in [0.15, 0.2) is 24.3 Å². The highest BCUT2D eigenvalue weighted by Crippen LogP contribution is 2.38. The zero-order valence-corrected chi connectivity index (χ0v) is 17.7. The molecule has 0 saturated carbocycles. The lowest BCUT2D eigenvalue weighted by atomic mass is 9.86. The monoisotopic (exact) mass is 401 g/mol. The van der Waals surface area contributed by atoms with Crippen LogP contribution in [0.25, 0.3) is 0 Å². The summed E-state index contributed by atoms with van der Waals surface area (Å²) >= 11 is 1.47. The number of esters is 1. The van der Waals surface area contributed by atoms with Gasteiger partial charge in [0.05, 0.1) is 12.7 Å². The first-order valence-electron chi connectivity index (χ1n) is 9.56. The van der Waals surface area contributed by atoms with Crippen LogP contribution in [0.5, 0.6) is 5.75 Å². The zero-order valence-electron chi connectivity index (χ0n) is 16.9. The van der Waals surface area contributed by atoms with Crippen molar-refractivity contribution in [3.63, 3.8) is 0 Å². The number of amides is 1. The van der Waals surface area contributed by atoms with E-state index in [1.54, 1.807) is 0 Å². The molecule has 3 rings (SSSR count). The van der Waals surface area contributed by atoms with Gasteiger partial charge in [0.25, 0.3) is 5.91 Å². The topological polar surface area (TPSA) is 64.6 Å². The Bertz CT molecular complexity index is 879. The summed E-state index contributed by atoms with van der Waals surface area (Å²) in [5, 5.41) is 3.43. The fourth-order valence-corrected chi connectivity index (χ4v) is 4.78. The summed E-state index contributed by atoms with van der Waals surface area (Å²) in [6.07, 6.45) is 3.94. The van der Waals surface area contributed by atoms with E-state index in [1.807, 2.05) is 24.3 Å². The van der Waals surface area contributed by atoms with Crippen LogP contribution in [0.1, 0.15) is 60.0 Å². The number of carbonyl (C=O) groups excluding carboxylic acids is 2. The number of anilines is 1. The fourth-order valence-electron chi connectivity index (χ4n) is 3.49. The van der Waals surface area contributed by atoms with Gasteiger partial charge in [-0.05, 0) is 48.3 Å². The third-order valence-corrected chi connectivity index (χ3v) is 6.07. The van der Waals surface area contributed by atoms with Crippen molar-refractivity contribution >= 4 is 28.2 Å². The summed E-state index contributed by atoms with van der Waals surface area (Å²) in [6.45, 7) is 6.20. The largest absolute Gasteiger partial charge is 0.483 e. The molecule has 0 aliphatic heterocycles. The molecule has 0 unspecified atom stereocenters. The van der Waals surface area contributed by atoms with Gasteiger partial charge in [0.15, 0.2) is 6.61 Å². The predicted molar refractivity (Wildman–Crippen MR) is 112 cm³/mol. The van der Waals surface area contributed by atoms with Gasteiger partial charge in [0.2, 0.25) is 0 Å². The zero-order chi connectivity index (χ0) is 20.3. The molecule has 0 bridgehead atoms. The summed E-state index contributed by atoms with van der Waals surface area (Å²) in [7, 11) is 1.37. The van der Waals surface area contributed by atoms with Gasteiger partial charge in [-0.25, -0.2) is 4.79 Å². The van der Waals surface area contributed by atoms with Crippen molar-refractivity contribution < 1.29 is 19.1 Å². The number of fused-ring (bicyclic) bond motifs is 1. The van der Waals surface area contributed by atoms with E-state index in [0.717, 1.165) is 36.8 Å². The molecule has 1 heterocycles. The number of para-hydroxylation sites is 1. The molecular formula is C22H27NO4S. The maximum atomic E-state index is 12.5. The predicted octanol–water partition coefficient (Wildman–Crippen LogP) is 4.73. The van der Waals surface area contributed by atoms with Gasteiger partial charge in [-0.1, -0.05) is 39.0 Å². The molecule has 5 nitrogen and oxygen atoms in total. The molecule has 1 aromatic carbocycles. The Morgan fingerprint density at radius 2 is 1.86 bits per heavy atom. The van der Waals surface area contributed by atoms with Crippen LogP contribution in [-0.2, 0) is 27.8 Å². The normalized spacial score (nSPS) is 13.6. The number of rotatable bonds is 5. The molecule has 1 aliphatic carbocycles. The smallest absolute Gasteiger partial charge is 0.341 e. The Labute approximate surface area is 170 Å². The SMILES string of the molecule is COC(=O)c1c(NC(=O)COc2ccccc2C(C)(C)C)sc2c1CCCC2. The molecule has 1 aliphatic rings. The van der Waals surface area contributed by atoms with Crippen LogP contribution < -0.4 is 10.1 Å². The number of carbonyl (C=O) groups is 2. The van der Waals surface area contributed by atoms with Gasteiger partial charge in [0, 0.05) is 4.88 Å². The number of thiophene rings is 1. The van der Waals surface area contributed by atoms with Gasteiger partial charge >= 0.3 is 5.97 Å². The van der Waals surface area contributed by atoms with E-state index >= 15 is 0 Å². The third kappa shape index (κ3) is 4.38. The number of benzene rings is 1. The minimum absolute atomic E-state index is 0.0854. The highest BCUT2D eigenvalue weighted by molar-refractivity contribution is 7.17. The minimum atomic E-state index is -0.395. The van der Waals surface area contributed by atoms with Crippen LogP contribution in [0, 0.1) is 0 Å². The van der Waals surface area contributed by atoms with Crippen LogP contribution in [-0.4, -0.2) is 25.6 Å². The van der Waals surface area contributed by atoms with Crippen molar-refractivity contribution in [3.05, 3.63) is 45.8 Å². The maximum Gasteiger partial charge on any atom is 0.341 e. The molecule has 1 N–H and O–H groups in total. The Morgan fingerprint density at radius 3 is 2.57 bits per heavy atom. The van der Waals surface area contributed by atoms with Crippen LogP contribution in [0.3, 0.4) is 0 Å². The van der Waals surface area contributed by atoms with Crippen molar-refractivity contribution in [2.75, 3.05) is 19.0 Å². The number of aryl methyl sites for hydroxylation is 1. The van der Waals surface area contributed by atoms with Gasteiger partial charge in [-0.15, -0.1) is 11.3 Å². The van der Waals surface area contributed by atoms with Gasteiger partial charge in [0.1, 0.15) is 10.8 Å². The van der Waals surface area contributed by atoms with E-state index in [1.165, 1.54) is 23.3 Å². The molecule has 0 fully saturated rings. The average Bonchev–Trinajstić information content (AvgIpc) is 3.03. The quantitative estimate of drug-likeness (QED) is 0.736. The van der Waals surface area contributed by atoms with Gasteiger partial charge < -0.3 is 14.8 Å². The van der Waals surface area contributed by atoms with Crippen LogP contribution >= 0.6 is 11.3 Å². The molecule has 28 heavy (non-hydrogen) atoms. The lowest BCUT2D eigenvalue weighted by molar-refractivity contribution is -0.118. The number of hydrogen-bond acceptors (Lipinski definition) is 5. The summed E-state index contributed by atoms with van der Waals surface area (Å²) in [5.41, 5.74) is 2.49. The second kappa shape index (κ2) is 8.35. The Hall–Kier alpha value is -2.34. The molecule has 1 aromatic heterocycles. The Morgan fingerprint density at radius 1 is 1.14 bits per heavy atom. The van der Waals surface area contributed by atoms with E-state index in [0.29, 0.717) is 16.3 Å². The minimum Gasteiger partial charge on any atom is -0.483 e. The van der Waals surface area contributed by atoms with E-state index in [2.05, 4.69) is 26.1 Å². The van der Waals surface area contributed by atoms with Crippen molar-refractivity contribution in [1.82, 2.24) is 0 Å². The highest BCUT2D eigenvalue weighted by Gasteiger charge is 2.27. The maximum absolute atomic E-state index is 12.5. The molecule has 150 valence electrons. The molecular weight excluding hydrogens is 374 g/mol. The van der Waals surface area contributed by atoms with Crippen molar-refractivity contribution in [3.8, 4) is 5.75 Å². The molecule has 0 saturated heterocycles. The second-order valence-electron chi connectivity index (χ2n) is 7.99. The summed E-state index contributed by atoms with van der Waals surface area (Å²) < 4.78 is 10.8. The van der Waals surface area contributed by atoms with E-state index in [-0.39, 0.29) is 17.9 Å². The standard InChI is InChI=1S/C22H27NO4S/c1-22(2,3)15-10-6-7-11-16(15)27-13-18(24)23-20-19(21(25)26-4)14-9-5-8-12-17(14)28-20/h6-7,10-11H,5,8-9,12-13H2,1-4H3,(H,23,24). The molecule has 0 atom stereocenters. The van der Waals surface area contributed by atoms with Crippen molar-refractivity contribution in [2.45, 2.75) is 51.9 Å². The summed E-state index contributed by atoms with van der Waals surface area (Å²) in [6, 6.07) is 7.74. The van der Waals surface area contributed by atoms with Crippen molar-refractivity contribution in [2.24, 2.45) is 0 Å². The number of methoxy groups -OCH3 is 1. The second-order valence-corrected chi connectivity index (χ2v) is 9.09. The lowest BCUT2D eigenvalue weighted by Gasteiger charge is -2.22. The first-order chi connectivity index (χ1) is 13.3. The van der Waals surface area contributed by atoms with E-state index in [9.17, 15) is 9.59 Å². The number of hydrogen-bond donors (Lipinski definition) is 1. The molecule has 1 amide bonds. The molecule has 2 aromatic rings. The number of nitrogens with one attached hydrogen (secondary N) is 1. The van der Waals surface area contributed by atoms with Gasteiger partial charge in [-0.3, -0.25) is 4.79 Å². The van der Waals surface area contributed by atoms with Crippen LogP contribution in [0.2, 0.25) is 0 Å². The third-order valence-electron chi connectivity index (χ3n) is 4.87.